The van der Waals surface area contributed by atoms with E-state index in [2.05, 4.69) is 17.5 Å². The number of thiol groups is 1. The topological polar surface area (TPSA) is 72.6 Å². The van der Waals surface area contributed by atoms with E-state index in [0.29, 0.717) is 0 Å². The molecule has 4 nitrogen and oxygen atoms in total. The van der Waals surface area contributed by atoms with Crippen molar-refractivity contribution in [2.75, 3.05) is 5.75 Å². The predicted molar refractivity (Wildman–Crippen MR) is 30.5 cm³/mol. The average Bonchev–Trinajstić information content (AvgIpc) is 1.84. The van der Waals surface area contributed by atoms with Crippen molar-refractivity contribution in [3.8, 4) is 0 Å². The second-order valence-electron chi connectivity index (χ2n) is 1.20. The summed E-state index contributed by atoms with van der Waals surface area (Å²) in [5.41, 5.74) is 5.02. The Morgan fingerprint density at radius 3 is 2.62 bits per heavy atom. The molecular weight excluding hydrogens is 130 g/mol. The van der Waals surface area contributed by atoms with Gasteiger partial charge in [0.15, 0.2) is 0 Å². The molecule has 0 amide bonds. The molecule has 0 radical (unpaired) electrons. The SMILES string of the molecule is N[C@@H](CS)C(=O)OO. The van der Waals surface area contributed by atoms with Crippen molar-refractivity contribution >= 4 is 18.6 Å². The van der Waals surface area contributed by atoms with Crippen LogP contribution in [-0.4, -0.2) is 23.0 Å². The molecule has 0 unspecified atom stereocenters. The first kappa shape index (κ1) is 7.74. The molecule has 0 saturated heterocycles. The van der Waals surface area contributed by atoms with Gasteiger partial charge in [-0.1, -0.05) is 0 Å². The Bertz CT molecular complexity index is 86.6. The summed E-state index contributed by atoms with van der Waals surface area (Å²) in [5, 5.41) is 7.67. The van der Waals surface area contributed by atoms with E-state index in [-0.39, 0.29) is 5.75 Å². The second kappa shape index (κ2) is 3.71. The first-order valence-corrected chi connectivity index (χ1v) is 2.57. The molecule has 0 aromatic heterocycles. The zero-order chi connectivity index (χ0) is 6.57. The lowest BCUT2D eigenvalue weighted by Crippen LogP contribution is -2.33. The summed E-state index contributed by atoms with van der Waals surface area (Å²) in [6.07, 6.45) is 0. The molecule has 0 aromatic rings. The van der Waals surface area contributed by atoms with Gasteiger partial charge >= 0.3 is 5.97 Å². The standard InChI is InChI=1S/C3H7NO3S/c4-2(1-8)3(5)7-6/h2,6,8H,1,4H2/t2-/m0/s1. The van der Waals surface area contributed by atoms with Gasteiger partial charge in [0.25, 0.3) is 0 Å². The summed E-state index contributed by atoms with van der Waals surface area (Å²) in [6.45, 7) is 0. The van der Waals surface area contributed by atoms with Crippen LogP contribution in [0.5, 0.6) is 0 Å². The Morgan fingerprint density at radius 2 is 2.50 bits per heavy atom. The van der Waals surface area contributed by atoms with Crippen molar-refractivity contribution in [2.24, 2.45) is 5.73 Å². The quantitative estimate of drug-likeness (QED) is 0.266. The lowest BCUT2D eigenvalue weighted by Gasteiger charge is -2.00. The molecule has 0 aromatic carbocycles. The highest BCUT2D eigenvalue weighted by molar-refractivity contribution is 7.80. The van der Waals surface area contributed by atoms with Crippen molar-refractivity contribution in [3.05, 3.63) is 0 Å². The van der Waals surface area contributed by atoms with Crippen LogP contribution in [0.3, 0.4) is 0 Å². The molecule has 0 saturated carbocycles. The number of carbonyl (C=O) groups is 1. The molecule has 0 bridgehead atoms. The third-order valence-corrected chi connectivity index (χ3v) is 0.983. The van der Waals surface area contributed by atoms with Crippen molar-refractivity contribution in [1.82, 2.24) is 0 Å². The Labute approximate surface area is 52.0 Å². The van der Waals surface area contributed by atoms with Gasteiger partial charge in [-0.15, -0.1) is 0 Å². The normalized spacial score (nSPS) is 12.9. The monoisotopic (exact) mass is 137 g/mol. The van der Waals surface area contributed by atoms with Crippen LogP contribution in [0.25, 0.3) is 0 Å². The van der Waals surface area contributed by atoms with Gasteiger partial charge < -0.3 is 5.73 Å². The largest absolute Gasteiger partial charge is 0.359 e. The van der Waals surface area contributed by atoms with Gasteiger partial charge in [0, 0.05) is 5.75 Å². The van der Waals surface area contributed by atoms with E-state index in [4.69, 9.17) is 11.0 Å². The first-order valence-electron chi connectivity index (χ1n) is 1.94. The maximum absolute atomic E-state index is 10.1. The van der Waals surface area contributed by atoms with E-state index in [1.165, 1.54) is 0 Å². The number of nitrogens with two attached hydrogens (primary N) is 1. The van der Waals surface area contributed by atoms with Gasteiger partial charge in [-0.05, 0) is 0 Å². The van der Waals surface area contributed by atoms with Gasteiger partial charge in [0.2, 0.25) is 0 Å². The Balaban J connectivity index is 3.46. The third kappa shape index (κ3) is 2.15. The number of hydrogen-bond acceptors (Lipinski definition) is 5. The second-order valence-corrected chi connectivity index (χ2v) is 1.56. The zero-order valence-corrected chi connectivity index (χ0v) is 4.97. The van der Waals surface area contributed by atoms with Gasteiger partial charge in [-0.25, -0.2) is 4.79 Å². The maximum Gasteiger partial charge on any atom is 0.359 e. The molecule has 5 heteroatoms. The molecule has 0 rings (SSSR count). The smallest absolute Gasteiger partial charge is 0.318 e. The molecule has 3 N–H and O–H groups in total. The van der Waals surface area contributed by atoms with E-state index in [1.807, 2.05) is 0 Å². The predicted octanol–water partition coefficient (Wildman–Crippen LogP) is -0.740. The fourth-order valence-corrected chi connectivity index (χ4v) is 0.291. The van der Waals surface area contributed by atoms with Gasteiger partial charge in [0.05, 0.1) is 0 Å². The summed E-state index contributed by atoms with van der Waals surface area (Å²) in [5.74, 6) is -0.695. The van der Waals surface area contributed by atoms with Crippen molar-refractivity contribution in [2.45, 2.75) is 6.04 Å². The molecule has 0 spiro atoms. The van der Waals surface area contributed by atoms with Crippen LogP contribution in [-0.2, 0) is 9.68 Å². The van der Waals surface area contributed by atoms with E-state index < -0.39 is 12.0 Å². The molecule has 48 valence electrons. The van der Waals surface area contributed by atoms with E-state index in [9.17, 15) is 4.79 Å². The van der Waals surface area contributed by atoms with Gasteiger partial charge in [-0.3, -0.25) is 4.89 Å². The van der Waals surface area contributed by atoms with Crippen molar-refractivity contribution in [3.63, 3.8) is 0 Å². The average molecular weight is 137 g/mol. The molecule has 1 atom stereocenters. The fourth-order valence-electron chi connectivity index (χ4n) is 0.142. The molecule has 0 fully saturated rings. The number of carbonyl (C=O) groups excluding carboxylic acids is 1. The minimum Gasteiger partial charge on any atom is -0.318 e. The molecule has 0 aliphatic carbocycles. The van der Waals surface area contributed by atoms with Crippen LogP contribution >= 0.6 is 12.6 Å². The Kier molecular flexibility index (Phi) is 3.59. The Hall–Kier alpha value is -0.260. The van der Waals surface area contributed by atoms with Crippen LogP contribution < -0.4 is 5.73 Å². The molecule has 0 aliphatic heterocycles. The van der Waals surface area contributed by atoms with Gasteiger partial charge in [-0.2, -0.15) is 17.9 Å². The lowest BCUT2D eigenvalue weighted by molar-refractivity contribution is -0.235. The minimum atomic E-state index is -0.861. The molecule has 8 heavy (non-hydrogen) atoms. The summed E-state index contributed by atoms with van der Waals surface area (Å²) >= 11 is 3.67. The van der Waals surface area contributed by atoms with E-state index >= 15 is 0 Å². The van der Waals surface area contributed by atoms with Crippen LogP contribution in [0.15, 0.2) is 0 Å². The summed E-state index contributed by atoms with van der Waals surface area (Å²) < 4.78 is 0. The minimum absolute atomic E-state index is 0.166. The van der Waals surface area contributed by atoms with Crippen LogP contribution in [0.2, 0.25) is 0 Å². The van der Waals surface area contributed by atoms with Crippen molar-refractivity contribution in [1.29, 1.82) is 0 Å². The van der Waals surface area contributed by atoms with Crippen LogP contribution in [0.1, 0.15) is 0 Å². The molecule has 0 aliphatic rings. The van der Waals surface area contributed by atoms with E-state index in [0.717, 1.165) is 0 Å². The van der Waals surface area contributed by atoms with E-state index in [1.54, 1.807) is 0 Å². The first-order chi connectivity index (χ1) is 3.72. The highest BCUT2D eigenvalue weighted by atomic mass is 32.1. The molecule has 0 heterocycles. The fraction of sp³-hybridized carbons (Fsp3) is 0.667. The lowest BCUT2D eigenvalue weighted by atomic mass is 10.4. The maximum atomic E-state index is 10.1. The third-order valence-electron chi connectivity index (χ3n) is 0.589. The Morgan fingerprint density at radius 1 is 2.00 bits per heavy atom. The summed E-state index contributed by atoms with van der Waals surface area (Å²) in [4.78, 5) is 13.4. The van der Waals surface area contributed by atoms with Crippen LogP contribution in [0.4, 0.5) is 0 Å². The molecular formula is C3H7NO3S. The van der Waals surface area contributed by atoms with Crippen LogP contribution in [0, 0.1) is 0 Å². The highest BCUT2D eigenvalue weighted by Gasteiger charge is 2.11. The van der Waals surface area contributed by atoms with Gasteiger partial charge in [0.1, 0.15) is 6.04 Å². The summed E-state index contributed by atoms with van der Waals surface area (Å²) in [6, 6.07) is -0.830. The highest BCUT2D eigenvalue weighted by Crippen LogP contribution is 1.84. The number of rotatable bonds is 2. The number of hydrogen-bond donors (Lipinski definition) is 3. The van der Waals surface area contributed by atoms with Crippen molar-refractivity contribution < 1.29 is 14.9 Å². The zero-order valence-electron chi connectivity index (χ0n) is 4.07. The summed E-state index contributed by atoms with van der Waals surface area (Å²) in [7, 11) is 0.